The average Bonchev–Trinajstić information content (AvgIpc) is 1.83. The van der Waals surface area contributed by atoms with Crippen molar-refractivity contribution in [2.24, 2.45) is 0 Å². The number of hydrogen-bond acceptors (Lipinski definition) is 1. The third-order valence-electron chi connectivity index (χ3n) is 1.45. The van der Waals surface area contributed by atoms with Crippen LogP contribution >= 0.6 is 0 Å². The van der Waals surface area contributed by atoms with Crippen LogP contribution in [-0.4, -0.2) is 12.5 Å². The summed E-state index contributed by atoms with van der Waals surface area (Å²) in [5.41, 5.74) is 0.137. The molecule has 0 aromatic carbocycles. The highest BCUT2D eigenvalue weighted by Crippen LogP contribution is 2.24. The molecule has 11 heavy (non-hydrogen) atoms. The Morgan fingerprint density at radius 2 is 2.00 bits per heavy atom. The molecule has 0 aliphatic rings. The zero-order valence-corrected chi connectivity index (χ0v) is 6.70. The second-order valence-electron chi connectivity index (χ2n) is 2.27. The molecule has 0 aromatic rings. The van der Waals surface area contributed by atoms with E-state index in [2.05, 4.69) is 4.74 Å². The highest BCUT2D eigenvalue weighted by Gasteiger charge is 2.29. The molecule has 0 aromatic heterocycles. The number of alkyl halides is 3. The average molecular weight is 168 g/mol. The molecule has 0 aliphatic carbocycles. The molecule has 4 heteroatoms. The van der Waals surface area contributed by atoms with E-state index in [1.54, 1.807) is 6.92 Å². The second kappa shape index (κ2) is 3.76. The van der Waals surface area contributed by atoms with E-state index >= 15 is 0 Å². The first-order valence-corrected chi connectivity index (χ1v) is 3.18. The van der Waals surface area contributed by atoms with Gasteiger partial charge in [0.2, 0.25) is 5.85 Å². The van der Waals surface area contributed by atoms with E-state index in [0.717, 1.165) is 6.92 Å². The molecule has 1 atom stereocenters. The molecule has 0 N–H and O–H groups in total. The smallest absolute Gasteiger partial charge is 0.282 e. The van der Waals surface area contributed by atoms with Gasteiger partial charge in [-0.2, -0.15) is 8.78 Å². The van der Waals surface area contributed by atoms with E-state index in [0.29, 0.717) is 0 Å². The lowest BCUT2D eigenvalue weighted by Crippen LogP contribution is -2.26. The summed E-state index contributed by atoms with van der Waals surface area (Å²) in [6.07, 6.45) is 1.39. The molecule has 0 aliphatic heterocycles. The lowest BCUT2D eigenvalue weighted by molar-refractivity contribution is -0.235. The predicted molar refractivity (Wildman–Crippen MR) is 36.0 cm³/mol. The Morgan fingerprint density at radius 1 is 1.55 bits per heavy atom. The maximum absolute atomic E-state index is 13.0. The van der Waals surface area contributed by atoms with Crippen LogP contribution in [-0.2, 0) is 4.74 Å². The largest absolute Gasteiger partial charge is 0.348 e. The monoisotopic (exact) mass is 168 g/mol. The molecule has 66 valence electrons. The van der Waals surface area contributed by atoms with Crippen LogP contribution in [0, 0.1) is 0 Å². The molecule has 0 fully saturated rings. The van der Waals surface area contributed by atoms with Gasteiger partial charge in [-0.1, -0.05) is 6.08 Å². The minimum atomic E-state index is -3.08. The van der Waals surface area contributed by atoms with Crippen LogP contribution in [0.1, 0.15) is 20.8 Å². The van der Waals surface area contributed by atoms with E-state index in [4.69, 9.17) is 0 Å². The van der Waals surface area contributed by atoms with Gasteiger partial charge < -0.3 is 0 Å². The van der Waals surface area contributed by atoms with Crippen LogP contribution in [0.15, 0.2) is 11.6 Å². The molecule has 0 spiro atoms. The number of halogens is 3. The van der Waals surface area contributed by atoms with Gasteiger partial charge in [-0.05, 0) is 26.3 Å². The standard InChI is InChI=1S/C7H11F3O/c1-4-5(2)7(3,10)11-6(8)9/h4,6H,1-3H3. The SMILES string of the molecule is CC=C(C)C(C)(F)OC(F)F. The van der Waals surface area contributed by atoms with Crippen LogP contribution in [0.3, 0.4) is 0 Å². The first-order valence-electron chi connectivity index (χ1n) is 3.18. The fraction of sp³-hybridized carbons (Fsp3) is 0.714. The van der Waals surface area contributed by atoms with Gasteiger partial charge in [0.05, 0.1) is 0 Å². The second-order valence-corrected chi connectivity index (χ2v) is 2.27. The van der Waals surface area contributed by atoms with Crippen molar-refractivity contribution in [2.45, 2.75) is 33.2 Å². The lowest BCUT2D eigenvalue weighted by Gasteiger charge is -2.20. The van der Waals surface area contributed by atoms with E-state index in [1.165, 1.54) is 13.0 Å². The Labute approximate surface area is 63.8 Å². The minimum absolute atomic E-state index is 0.137. The summed E-state index contributed by atoms with van der Waals surface area (Å²) in [6.45, 7) is 0.818. The number of hydrogen-bond donors (Lipinski definition) is 0. The fourth-order valence-electron chi connectivity index (χ4n) is 0.518. The Balaban J connectivity index is 4.22. The van der Waals surface area contributed by atoms with Crippen LogP contribution in [0.5, 0.6) is 0 Å². The van der Waals surface area contributed by atoms with Crippen molar-refractivity contribution in [3.05, 3.63) is 11.6 Å². The molecule has 1 unspecified atom stereocenters. The highest BCUT2D eigenvalue weighted by atomic mass is 19.3. The minimum Gasteiger partial charge on any atom is -0.282 e. The first kappa shape index (κ1) is 10.5. The number of ether oxygens (including phenoxy) is 1. The van der Waals surface area contributed by atoms with E-state index in [-0.39, 0.29) is 5.57 Å². The third-order valence-corrected chi connectivity index (χ3v) is 1.45. The van der Waals surface area contributed by atoms with E-state index in [1.807, 2.05) is 0 Å². The van der Waals surface area contributed by atoms with E-state index < -0.39 is 12.5 Å². The van der Waals surface area contributed by atoms with Crippen LogP contribution in [0.25, 0.3) is 0 Å². The first-order chi connectivity index (χ1) is 4.90. The van der Waals surface area contributed by atoms with Crippen molar-refractivity contribution < 1.29 is 17.9 Å². The molecule has 0 saturated heterocycles. The quantitative estimate of drug-likeness (QED) is 0.589. The lowest BCUT2D eigenvalue weighted by atomic mass is 10.1. The summed E-state index contributed by atoms with van der Waals surface area (Å²) in [5, 5.41) is 0. The fourth-order valence-corrected chi connectivity index (χ4v) is 0.518. The van der Waals surface area contributed by atoms with Gasteiger partial charge in [-0.3, -0.25) is 4.74 Å². The third kappa shape index (κ3) is 3.41. The molecule has 1 nitrogen and oxygen atoms in total. The summed E-state index contributed by atoms with van der Waals surface area (Å²) in [4.78, 5) is 0. The van der Waals surface area contributed by atoms with Crippen molar-refractivity contribution in [2.75, 3.05) is 0 Å². The molecule has 0 amide bonds. The summed E-state index contributed by atoms with van der Waals surface area (Å²) in [5.74, 6) is -2.36. The van der Waals surface area contributed by atoms with Crippen molar-refractivity contribution in [1.29, 1.82) is 0 Å². The molecule has 0 rings (SSSR count). The van der Waals surface area contributed by atoms with Crippen molar-refractivity contribution >= 4 is 0 Å². The molecule has 0 saturated carbocycles. The predicted octanol–water partition coefficient (Wildman–Crippen LogP) is 2.88. The van der Waals surface area contributed by atoms with Crippen LogP contribution in [0.2, 0.25) is 0 Å². The molecule has 0 heterocycles. The van der Waals surface area contributed by atoms with Gasteiger partial charge in [0, 0.05) is 0 Å². The number of rotatable bonds is 3. The maximum atomic E-state index is 13.0. The van der Waals surface area contributed by atoms with Gasteiger partial charge in [0.15, 0.2) is 0 Å². The van der Waals surface area contributed by atoms with E-state index in [9.17, 15) is 13.2 Å². The van der Waals surface area contributed by atoms with Gasteiger partial charge in [-0.15, -0.1) is 0 Å². The Kier molecular flexibility index (Phi) is 3.58. The molecular formula is C7H11F3O. The van der Waals surface area contributed by atoms with Crippen LogP contribution in [0.4, 0.5) is 13.2 Å². The van der Waals surface area contributed by atoms with Crippen molar-refractivity contribution in [1.82, 2.24) is 0 Å². The summed E-state index contributed by atoms with van der Waals surface area (Å²) < 4.78 is 39.8. The zero-order chi connectivity index (χ0) is 9.07. The Hall–Kier alpha value is -0.510. The maximum Gasteiger partial charge on any atom is 0.348 e. The summed E-state index contributed by atoms with van der Waals surface area (Å²) >= 11 is 0. The molecule has 0 bridgehead atoms. The normalized spacial score (nSPS) is 18.6. The number of allylic oxidation sites excluding steroid dienone is 1. The Morgan fingerprint density at radius 3 is 2.27 bits per heavy atom. The Bertz CT molecular complexity index is 152. The van der Waals surface area contributed by atoms with Gasteiger partial charge in [-0.25, -0.2) is 4.39 Å². The highest BCUT2D eigenvalue weighted by molar-refractivity contribution is 5.06. The van der Waals surface area contributed by atoms with Crippen molar-refractivity contribution in [3.63, 3.8) is 0 Å². The summed E-state index contributed by atoms with van der Waals surface area (Å²) in [7, 11) is 0. The van der Waals surface area contributed by atoms with Gasteiger partial charge in [0.1, 0.15) is 0 Å². The molecule has 0 radical (unpaired) electrons. The van der Waals surface area contributed by atoms with Crippen molar-refractivity contribution in [3.8, 4) is 0 Å². The van der Waals surface area contributed by atoms with Gasteiger partial charge >= 0.3 is 6.61 Å². The zero-order valence-electron chi connectivity index (χ0n) is 6.70. The summed E-state index contributed by atoms with van der Waals surface area (Å²) in [6, 6.07) is 0. The van der Waals surface area contributed by atoms with Crippen LogP contribution < -0.4 is 0 Å². The topological polar surface area (TPSA) is 9.23 Å². The van der Waals surface area contributed by atoms with Gasteiger partial charge in [0.25, 0.3) is 0 Å². The molecular weight excluding hydrogens is 157 g/mol.